The van der Waals surface area contributed by atoms with Gasteiger partial charge in [0.1, 0.15) is 12.4 Å². The van der Waals surface area contributed by atoms with E-state index in [1.54, 1.807) is 6.20 Å². The second-order valence-electron chi connectivity index (χ2n) is 4.61. The van der Waals surface area contributed by atoms with Crippen molar-refractivity contribution in [2.24, 2.45) is 0 Å². The average Bonchev–Trinajstić information content (AvgIpc) is 2.82. The minimum absolute atomic E-state index is 0.572. The third-order valence-corrected chi connectivity index (χ3v) is 3.75. The van der Waals surface area contributed by atoms with Crippen LogP contribution in [-0.2, 0) is 6.54 Å². The molecule has 4 nitrogen and oxygen atoms in total. The molecule has 0 aliphatic rings. The second-order valence-corrected chi connectivity index (χ2v) is 6.31. The number of thiazole rings is 1. The molecule has 0 spiro atoms. The lowest BCUT2D eigenvalue weighted by Gasteiger charge is -2.12. The van der Waals surface area contributed by atoms with Gasteiger partial charge in [-0.3, -0.25) is 0 Å². The predicted molar refractivity (Wildman–Crippen MR) is 84.9 cm³/mol. The van der Waals surface area contributed by atoms with Crippen LogP contribution in [0.3, 0.4) is 0 Å². The maximum atomic E-state index is 5.81. The Balaban J connectivity index is 1.85. The van der Waals surface area contributed by atoms with Crippen LogP contribution in [0.4, 0.5) is 5.69 Å². The summed E-state index contributed by atoms with van der Waals surface area (Å²) in [6.45, 7) is 2.30. The minimum Gasteiger partial charge on any atom is -0.492 e. The van der Waals surface area contributed by atoms with Crippen LogP contribution < -0.4 is 10.1 Å². The number of benzene rings is 1. The molecule has 1 heterocycles. The summed E-state index contributed by atoms with van der Waals surface area (Å²) in [4.78, 5) is 7.22. The van der Waals surface area contributed by atoms with Crippen LogP contribution in [0.1, 0.15) is 4.88 Å². The minimum atomic E-state index is 0.572. The molecule has 108 valence electrons. The van der Waals surface area contributed by atoms with Crippen molar-refractivity contribution < 1.29 is 4.74 Å². The molecule has 0 saturated carbocycles. The summed E-state index contributed by atoms with van der Waals surface area (Å²) >= 11 is 7.29. The van der Waals surface area contributed by atoms with E-state index in [4.69, 9.17) is 16.3 Å². The molecule has 0 unspecified atom stereocenters. The van der Waals surface area contributed by atoms with Crippen molar-refractivity contribution in [1.29, 1.82) is 0 Å². The number of rotatable bonds is 7. The maximum absolute atomic E-state index is 5.81. The predicted octanol–water partition coefficient (Wildman–Crippen LogP) is 3.35. The monoisotopic (exact) mass is 311 g/mol. The van der Waals surface area contributed by atoms with Crippen LogP contribution in [0, 0.1) is 0 Å². The van der Waals surface area contributed by atoms with Gasteiger partial charge < -0.3 is 15.0 Å². The van der Waals surface area contributed by atoms with E-state index in [0.717, 1.165) is 22.9 Å². The Bertz CT molecular complexity index is 545. The summed E-state index contributed by atoms with van der Waals surface area (Å²) in [5.74, 6) is 0.874. The van der Waals surface area contributed by atoms with Gasteiger partial charge in [-0.15, -0.1) is 11.3 Å². The lowest BCUT2D eigenvalue weighted by atomic mass is 10.3. The van der Waals surface area contributed by atoms with Crippen molar-refractivity contribution in [3.05, 3.63) is 39.8 Å². The van der Waals surface area contributed by atoms with Gasteiger partial charge in [0.15, 0.2) is 4.47 Å². The highest BCUT2D eigenvalue weighted by Gasteiger charge is 2.01. The lowest BCUT2D eigenvalue weighted by molar-refractivity contribution is 0.261. The van der Waals surface area contributed by atoms with Gasteiger partial charge in [-0.25, -0.2) is 4.98 Å². The van der Waals surface area contributed by atoms with Crippen LogP contribution in [-0.4, -0.2) is 37.1 Å². The SMILES string of the molecule is CN(C)CCOc1cccc(NCc2cnc(Cl)s2)c1. The van der Waals surface area contributed by atoms with Crippen LogP contribution in [0.15, 0.2) is 30.5 Å². The summed E-state index contributed by atoms with van der Waals surface area (Å²) in [6.07, 6.45) is 1.79. The largest absolute Gasteiger partial charge is 0.492 e. The Kier molecular flexibility index (Phi) is 5.64. The number of hydrogen-bond acceptors (Lipinski definition) is 5. The first kappa shape index (κ1) is 15.1. The molecule has 1 aromatic carbocycles. The Morgan fingerprint density at radius 3 is 2.95 bits per heavy atom. The average molecular weight is 312 g/mol. The molecule has 0 atom stereocenters. The number of ether oxygens (including phenoxy) is 1. The Morgan fingerprint density at radius 1 is 1.40 bits per heavy atom. The second kappa shape index (κ2) is 7.47. The van der Waals surface area contributed by atoms with Gasteiger partial charge in [-0.05, 0) is 26.2 Å². The molecule has 0 saturated heterocycles. The summed E-state index contributed by atoms with van der Waals surface area (Å²) in [7, 11) is 4.06. The summed E-state index contributed by atoms with van der Waals surface area (Å²) in [5.41, 5.74) is 1.02. The highest BCUT2D eigenvalue weighted by Crippen LogP contribution is 2.21. The van der Waals surface area contributed by atoms with Crippen molar-refractivity contribution in [1.82, 2.24) is 9.88 Å². The first-order chi connectivity index (χ1) is 9.63. The zero-order valence-corrected chi connectivity index (χ0v) is 13.2. The Hall–Kier alpha value is -1.30. The van der Waals surface area contributed by atoms with E-state index in [0.29, 0.717) is 17.6 Å². The smallest absolute Gasteiger partial charge is 0.183 e. The Morgan fingerprint density at radius 2 is 2.25 bits per heavy atom. The van der Waals surface area contributed by atoms with Gasteiger partial charge in [0, 0.05) is 29.4 Å². The molecular formula is C14H18ClN3OS. The van der Waals surface area contributed by atoms with Gasteiger partial charge in [0.25, 0.3) is 0 Å². The van der Waals surface area contributed by atoms with Gasteiger partial charge in [0.2, 0.25) is 0 Å². The van der Waals surface area contributed by atoms with Gasteiger partial charge in [-0.1, -0.05) is 17.7 Å². The molecule has 1 aromatic heterocycles. The zero-order chi connectivity index (χ0) is 14.4. The summed E-state index contributed by atoms with van der Waals surface area (Å²) in [5, 5.41) is 3.34. The number of halogens is 1. The first-order valence-electron chi connectivity index (χ1n) is 6.35. The summed E-state index contributed by atoms with van der Waals surface area (Å²) < 4.78 is 6.27. The normalized spacial score (nSPS) is 10.8. The van der Waals surface area contributed by atoms with E-state index < -0.39 is 0 Å². The molecule has 0 amide bonds. The molecule has 0 radical (unpaired) electrons. The van der Waals surface area contributed by atoms with Crippen LogP contribution >= 0.6 is 22.9 Å². The number of anilines is 1. The van der Waals surface area contributed by atoms with E-state index in [9.17, 15) is 0 Å². The van der Waals surface area contributed by atoms with Crippen molar-refractivity contribution in [3.63, 3.8) is 0 Å². The Labute approximate surface area is 128 Å². The fourth-order valence-corrected chi connectivity index (χ4v) is 2.51. The van der Waals surface area contributed by atoms with E-state index in [2.05, 4.69) is 15.2 Å². The highest BCUT2D eigenvalue weighted by atomic mass is 35.5. The van der Waals surface area contributed by atoms with Crippen molar-refractivity contribution in [2.45, 2.75) is 6.54 Å². The van der Waals surface area contributed by atoms with Crippen LogP contribution in [0.25, 0.3) is 0 Å². The quantitative estimate of drug-likeness (QED) is 0.851. The number of nitrogens with one attached hydrogen (secondary N) is 1. The molecule has 2 aromatic rings. The van der Waals surface area contributed by atoms with Crippen molar-refractivity contribution in [3.8, 4) is 5.75 Å². The van der Waals surface area contributed by atoms with E-state index in [1.807, 2.05) is 38.4 Å². The van der Waals surface area contributed by atoms with Gasteiger partial charge in [0.05, 0.1) is 6.54 Å². The molecule has 2 rings (SSSR count). The van der Waals surface area contributed by atoms with E-state index >= 15 is 0 Å². The van der Waals surface area contributed by atoms with Crippen molar-refractivity contribution >= 4 is 28.6 Å². The first-order valence-corrected chi connectivity index (χ1v) is 7.54. The van der Waals surface area contributed by atoms with Crippen molar-refractivity contribution in [2.75, 3.05) is 32.6 Å². The fourth-order valence-electron chi connectivity index (χ4n) is 1.60. The molecule has 6 heteroatoms. The highest BCUT2D eigenvalue weighted by molar-refractivity contribution is 7.15. The zero-order valence-electron chi connectivity index (χ0n) is 11.6. The number of aromatic nitrogens is 1. The summed E-state index contributed by atoms with van der Waals surface area (Å²) in [6, 6.07) is 7.96. The molecule has 0 aliphatic heterocycles. The molecule has 0 aliphatic carbocycles. The molecule has 1 N–H and O–H groups in total. The van der Waals surface area contributed by atoms with Gasteiger partial charge in [-0.2, -0.15) is 0 Å². The molecule has 20 heavy (non-hydrogen) atoms. The topological polar surface area (TPSA) is 37.4 Å². The molecule has 0 fully saturated rings. The van der Waals surface area contributed by atoms with Gasteiger partial charge >= 0.3 is 0 Å². The number of hydrogen-bond donors (Lipinski definition) is 1. The number of likely N-dealkylation sites (N-methyl/N-ethyl adjacent to an activating group) is 1. The van der Waals surface area contributed by atoms with E-state index in [-0.39, 0.29) is 0 Å². The lowest BCUT2D eigenvalue weighted by Crippen LogP contribution is -2.19. The van der Waals surface area contributed by atoms with Crippen LogP contribution in [0.5, 0.6) is 5.75 Å². The third kappa shape index (κ3) is 5.00. The number of nitrogens with zero attached hydrogens (tertiary/aromatic N) is 2. The molecular weight excluding hydrogens is 294 g/mol. The molecule has 0 bridgehead atoms. The van der Waals surface area contributed by atoms with Crippen LogP contribution in [0.2, 0.25) is 4.47 Å². The van der Waals surface area contributed by atoms with E-state index in [1.165, 1.54) is 11.3 Å². The maximum Gasteiger partial charge on any atom is 0.183 e. The fraction of sp³-hybridized carbons (Fsp3) is 0.357. The standard InChI is InChI=1S/C14H18ClN3OS/c1-18(2)6-7-19-12-5-3-4-11(8-12)16-9-13-10-17-14(15)20-13/h3-5,8,10,16H,6-7,9H2,1-2H3. The third-order valence-electron chi connectivity index (χ3n) is 2.63.